The van der Waals surface area contributed by atoms with Gasteiger partial charge in [0.25, 0.3) is 0 Å². The van der Waals surface area contributed by atoms with E-state index >= 15 is 0 Å². The summed E-state index contributed by atoms with van der Waals surface area (Å²) in [7, 11) is 0. The molecule has 0 aromatic heterocycles. The highest BCUT2D eigenvalue weighted by Crippen LogP contribution is 2.41. The number of fused-ring (bicyclic) bond motifs is 3. The summed E-state index contributed by atoms with van der Waals surface area (Å²) >= 11 is 0. The van der Waals surface area contributed by atoms with Gasteiger partial charge in [-0.05, 0) is 20.8 Å². The van der Waals surface area contributed by atoms with Crippen LogP contribution in [-0.2, 0) is 23.7 Å². The molecular formula is C11H18O6. The molecule has 98 valence electrons. The minimum absolute atomic E-state index is 0.121. The van der Waals surface area contributed by atoms with E-state index in [0.717, 1.165) is 0 Å². The maximum atomic E-state index is 9.32. The summed E-state index contributed by atoms with van der Waals surface area (Å²) in [4.78, 5) is 0. The minimum atomic E-state index is -0.695. The van der Waals surface area contributed by atoms with Crippen molar-refractivity contribution < 1.29 is 28.8 Å². The molecule has 3 aliphatic rings. The quantitative estimate of drug-likeness (QED) is 0.701. The lowest BCUT2D eigenvalue weighted by molar-refractivity contribution is -0.238. The first-order valence-electron chi connectivity index (χ1n) is 5.93. The van der Waals surface area contributed by atoms with Crippen LogP contribution in [0.3, 0.4) is 0 Å². The summed E-state index contributed by atoms with van der Waals surface area (Å²) < 4.78 is 28.4. The standard InChI is InChI=1S/C11H18O6/c1-5-13-7-6(4-12)15-10-9(8(7)14-5)16-11(2,3)17-10/h5-10,12H,4H2,1-3H3/t5?,6?,7-,8-,9?,10+/m0/s1. The second-order valence-corrected chi connectivity index (χ2v) is 5.09. The van der Waals surface area contributed by atoms with E-state index in [1.807, 2.05) is 20.8 Å². The molecular weight excluding hydrogens is 228 g/mol. The third-order valence-electron chi connectivity index (χ3n) is 3.29. The van der Waals surface area contributed by atoms with Crippen molar-refractivity contribution in [1.82, 2.24) is 0 Å². The molecule has 0 spiro atoms. The van der Waals surface area contributed by atoms with Crippen LogP contribution in [0.2, 0.25) is 0 Å². The smallest absolute Gasteiger partial charge is 0.190 e. The number of hydrogen-bond donors (Lipinski definition) is 1. The first kappa shape index (κ1) is 11.8. The van der Waals surface area contributed by atoms with Gasteiger partial charge in [-0.3, -0.25) is 0 Å². The predicted molar refractivity (Wildman–Crippen MR) is 55.0 cm³/mol. The predicted octanol–water partition coefficient (Wildman–Crippen LogP) is -0.0149. The van der Waals surface area contributed by atoms with Gasteiger partial charge in [-0.2, -0.15) is 0 Å². The fourth-order valence-corrected chi connectivity index (χ4v) is 2.67. The lowest BCUT2D eigenvalue weighted by Crippen LogP contribution is -2.56. The van der Waals surface area contributed by atoms with E-state index < -0.39 is 18.2 Å². The summed E-state index contributed by atoms with van der Waals surface area (Å²) in [5, 5.41) is 9.32. The maximum Gasteiger partial charge on any atom is 0.190 e. The molecule has 3 aliphatic heterocycles. The highest BCUT2D eigenvalue weighted by atomic mass is 16.9. The van der Waals surface area contributed by atoms with Gasteiger partial charge in [0.15, 0.2) is 18.4 Å². The number of aliphatic hydroxyl groups excluding tert-OH is 1. The Morgan fingerprint density at radius 1 is 1.00 bits per heavy atom. The van der Waals surface area contributed by atoms with Crippen molar-refractivity contribution in [3.63, 3.8) is 0 Å². The summed E-state index contributed by atoms with van der Waals surface area (Å²) in [5.74, 6) is -0.695. The van der Waals surface area contributed by atoms with Gasteiger partial charge >= 0.3 is 0 Å². The second-order valence-electron chi connectivity index (χ2n) is 5.09. The topological polar surface area (TPSA) is 66.4 Å². The zero-order chi connectivity index (χ0) is 12.2. The van der Waals surface area contributed by atoms with Crippen molar-refractivity contribution in [2.45, 2.75) is 63.6 Å². The lowest BCUT2D eigenvalue weighted by atomic mass is 9.99. The van der Waals surface area contributed by atoms with E-state index in [0.29, 0.717) is 0 Å². The Hall–Kier alpha value is -0.240. The van der Waals surface area contributed by atoms with E-state index in [2.05, 4.69) is 0 Å². The van der Waals surface area contributed by atoms with Gasteiger partial charge in [0.2, 0.25) is 0 Å². The van der Waals surface area contributed by atoms with Gasteiger partial charge in [0, 0.05) is 0 Å². The molecule has 6 heteroatoms. The molecule has 3 heterocycles. The van der Waals surface area contributed by atoms with Crippen LogP contribution in [-0.4, -0.2) is 54.5 Å². The van der Waals surface area contributed by atoms with Crippen molar-refractivity contribution in [3.8, 4) is 0 Å². The summed E-state index contributed by atoms with van der Waals surface area (Å²) in [6.07, 6.45) is -2.09. The third-order valence-corrected chi connectivity index (χ3v) is 3.29. The van der Waals surface area contributed by atoms with Gasteiger partial charge < -0.3 is 28.8 Å². The van der Waals surface area contributed by atoms with Crippen LogP contribution >= 0.6 is 0 Å². The molecule has 0 amide bonds. The monoisotopic (exact) mass is 246 g/mol. The first-order chi connectivity index (χ1) is 8.00. The number of ether oxygens (including phenoxy) is 5. The van der Waals surface area contributed by atoms with Crippen molar-refractivity contribution in [2.75, 3.05) is 6.61 Å². The van der Waals surface area contributed by atoms with Gasteiger partial charge in [-0.25, -0.2) is 0 Å². The number of hydrogen-bond acceptors (Lipinski definition) is 6. The molecule has 3 fully saturated rings. The minimum Gasteiger partial charge on any atom is -0.394 e. The average molecular weight is 246 g/mol. The van der Waals surface area contributed by atoms with Crippen molar-refractivity contribution in [2.24, 2.45) is 0 Å². The maximum absolute atomic E-state index is 9.32. The molecule has 3 rings (SSSR count). The molecule has 1 N–H and O–H groups in total. The molecule has 0 aliphatic carbocycles. The Morgan fingerprint density at radius 3 is 2.41 bits per heavy atom. The molecule has 0 aromatic carbocycles. The summed E-state index contributed by atoms with van der Waals surface area (Å²) in [6.45, 7) is 5.36. The highest BCUT2D eigenvalue weighted by molar-refractivity contribution is 4.98. The average Bonchev–Trinajstić information content (AvgIpc) is 2.75. The summed E-state index contributed by atoms with van der Waals surface area (Å²) in [5.41, 5.74) is 0. The third kappa shape index (κ3) is 1.89. The molecule has 6 atom stereocenters. The van der Waals surface area contributed by atoms with E-state index in [1.54, 1.807) is 0 Å². The van der Waals surface area contributed by atoms with E-state index in [4.69, 9.17) is 23.7 Å². The zero-order valence-corrected chi connectivity index (χ0v) is 10.2. The Labute approximate surface area is 99.7 Å². The highest BCUT2D eigenvalue weighted by Gasteiger charge is 2.58. The van der Waals surface area contributed by atoms with Crippen molar-refractivity contribution in [3.05, 3.63) is 0 Å². The van der Waals surface area contributed by atoms with E-state index in [-0.39, 0.29) is 31.2 Å². The molecule has 0 radical (unpaired) electrons. The van der Waals surface area contributed by atoms with Crippen LogP contribution in [0.25, 0.3) is 0 Å². The van der Waals surface area contributed by atoms with Gasteiger partial charge in [-0.15, -0.1) is 0 Å². The van der Waals surface area contributed by atoms with Gasteiger partial charge in [-0.1, -0.05) is 0 Å². The first-order valence-corrected chi connectivity index (χ1v) is 5.93. The molecule has 0 saturated carbocycles. The van der Waals surface area contributed by atoms with Gasteiger partial charge in [0.05, 0.1) is 6.61 Å². The van der Waals surface area contributed by atoms with Crippen molar-refractivity contribution >= 4 is 0 Å². The van der Waals surface area contributed by atoms with Gasteiger partial charge in [0.1, 0.15) is 24.4 Å². The fraction of sp³-hybridized carbons (Fsp3) is 1.00. The molecule has 3 saturated heterocycles. The Balaban J connectivity index is 1.84. The van der Waals surface area contributed by atoms with Crippen LogP contribution in [0.5, 0.6) is 0 Å². The number of aliphatic hydroxyl groups is 1. The fourth-order valence-electron chi connectivity index (χ4n) is 2.67. The molecule has 3 unspecified atom stereocenters. The second kappa shape index (κ2) is 3.88. The van der Waals surface area contributed by atoms with Crippen LogP contribution in [0.15, 0.2) is 0 Å². The Morgan fingerprint density at radius 2 is 1.71 bits per heavy atom. The van der Waals surface area contributed by atoms with Crippen LogP contribution in [0, 0.1) is 0 Å². The Bertz CT molecular complexity index is 306. The van der Waals surface area contributed by atoms with E-state index in [1.165, 1.54) is 0 Å². The van der Waals surface area contributed by atoms with E-state index in [9.17, 15) is 5.11 Å². The van der Waals surface area contributed by atoms with Crippen LogP contribution in [0.4, 0.5) is 0 Å². The normalized spacial score (nSPS) is 52.2. The molecule has 17 heavy (non-hydrogen) atoms. The summed E-state index contributed by atoms with van der Waals surface area (Å²) in [6, 6.07) is 0. The van der Waals surface area contributed by atoms with Crippen molar-refractivity contribution in [1.29, 1.82) is 0 Å². The molecule has 6 nitrogen and oxygen atoms in total. The SMILES string of the molecule is CC1O[C@@H]2C3OC(C)(C)O[C@H]3OC(CO)[C@@H]2O1. The van der Waals surface area contributed by atoms with Crippen LogP contribution in [0.1, 0.15) is 20.8 Å². The molecule has 0 bridgehead atoms. The lowest BCUT2D eigenvalue weighted by Gasteiger charge is -2.36. The largest absolute Gasteiger partial charge is 0.394 e. The zero-order valence-electron chi connectivity index (χ0n) is 10.2. The van der Waals surface area contributed by atoms with Crippen LogP contribution < -0.4 is 0 Å². The number of rotatable bonds is 1. The Kier molecular flexibility index (Phi) is 2.70. The molecule has 0 aromatic rings.